The van der Waals surface area contributed by atoms with E-state index in [1.165, 1.54) is 0 Å². The van der Waals surface area contributed by atoms with Gasteiger partial charge in [0.05, 0.1) is 0 Å². The molecule has 1 aromatic rings. The Morgan fingerprint density at radius 1 is 1.21 bits per heavy atom. The van der Waals surface area contributed by atoms with Crippen LogP contribution in [-0.2, 0) is 10.2 Å². The van der Waals surface area contributed by atoms with Crippen LogP contribution in [0.4, 0.5) is 11.6 Å². The smallest absolute Gasteiger partial charge is 0.138 e. The highest BCUT2D eigenvalue weighted by Gasteiger charge is 2.22. The fraction of sp³-hybridized carbons (Fsp3) is 0.714. The Hall–Kier alpha value is -1.36. The van der Waals surface area contributed by atoms with Crippen molar-refractivity contribution in [2.24, 2.45) is 0 Å². The first-order valence-corrected chi connectivity index (χ1v) is 6.87. The Morgan fingerprint density at radius 3 is 2.42 bits per heavy atom. The zero-order valence-corrected chi connectivity index (χ0v) is 12.3. The maximum Gasteiger partial charge on any atom is 0.138 e. The number of nitrogens with one attached hydrogen (secondary N) is 1. The summed E-state index contributed by atoms with van der Waals surface area (Å²) < 4.78 is 5.37. The second-order valence-corrected chi connectivity index (χ2v) is 6.19. The number of nitrogens with zero attached hydrogens (tertiary/aromatic N) is 2. The molecule has 1 saturated heterocycles. The van der Waals surface area contributed by atoms with Crippen molar-refractivity contribution in [2.75, 3.05) is 24.3 Å². The summed E-state index contributed by atoms with van der Waals surface area (Å²) in [5.74, 6) is 2.21. The van der Waals surface area contributed by atoms with E-state index in [0.717, 1.165) is 43.3 Å². The van der Waals surface area contributed by atoms with Gasteiger partial charge in [0.1, 0.15) is 17.5 Å². The second kappa shape index (κ2) is 5.33. The third kappa shape index (κ3) is 3.35. The predicted molar refractivity (Wildman–Crippen MR) is 77.3 cm³/mol. The molecule has 5 heteroatoms. The highest BCUT2D eigenvalue weighted by atomic mass is 16.5. The summed E-state index contributed by atoms with van der Waals surface area (Å²) in [5.41, 5.74) is 6.83. The molecule has 0 atom stereocenters. The van der Waals surface area contributed by atoms with E-state index in [1.807, 2.05) is 6.92 Å². The van der Waals surface area contributed by atoms with Crippen molar-refractivity contribution in [3.05, 3.63) is 11.4 Å². The van der Waals surface area contributed by atoms with Crippen molar-refractivity contribution < 1.29 is 4.74 Å². The van der Waals surface area contributed by atoms with E-state index in [1.54, 1.807) is 0 Å². The number of nitrogens with two attached hydrogens (primary N) is 1. The van der Waals surface area contributed by atoms with E-state index in [9.17, 15) is 0 Å². The summed E-state index contributed by atoms with van der Waals surface area (Å²) in [6.07, 6.45) is 2.02. The van der Waals surface area contributed by atoms with Crippen LogP contribution in [0, 0.1) is 6.92 Å². The standard InChI is InChI=1S/C14H24N4O/c1-9-11(15)17-13(14(2,3)4)18-12(9)16-10-5-7-19-8-6-10/h10H,5-8H2,1-4H3,(H3,15,16,17,18). The molecule has 1 fully saturated rings. The highest BCUT2D eigenvalue weighted by molar-refractivity contribution is 5.55. The molecule has 0 bridgehead atoms. The maximum atomic E-state index is 6.01. The predicted octanol–water partition coefficient (Wildman–Crippen LogP) is 2.26. The molecule has 5 nitrogen and oxygen atoms in total. The molecule has 0 saturated carbocycles. The molecule has 1 aromatic heterocycles. The van der Waals surface area contributed by atoms with Gasteiger partial charge in [-0.3, -0.25) is 0 Å². The first-order chi connectivity index (χ1) is 8.88. The molecule has 0 unspecified atom stereocenters. The third-order valence-corrected chi connectivity index (χ3v) is 3.42. The lowest BCUT2D eigenvalue weighted by Crippen LogP contribution is -2.29. The van der Waals surface area contributed by atoms with Crippen molar-refractivity contribution in [1.29, 1.82) is 0 Å². The summed E-state index contributed by atoms with van der Waals surface area (Å²) in [6.45, 7) is 9.86. The van der Waals surface area contributed by atoms with Crippen LogP contribution >= 0.6 is 0 Å². The third-order valence-electron chi connectivity index (χ3n) is 3.42. The van der Waals surface area contributed by atoms with E-state index >= 15 is 0 Å². The monoisotopic (exact) mass is 264 g/mol. The zero-order chi connectivity index (χ0) is 14.0. The number of anilines is 2. The Morgan fingerprint density at radius 2 is 1.84 bits per heavy atom. The number of nitrogen functional groups attached to an aromatic ring is 1. The molecule has 1 aliphatic rings. The van der Waals surface area contributed by atoms with Gasteiger partial charge in [-0.25, -0.2) is 9.97 Å². The van der Waals surface area contributed by atoms with E-state index < -0.39 is 0 Å². The van der Waals surface area contributed by atoms with Gasteiger partial charge in [0.25, 0.3) is 0 Å². The van der Waals surface area contributed by atoms with Crippen LogP contribution in [0.25, 0.3) is 0 Å². The number of hydrogen-bond donors (Lipinski definition) is 2. The van der Waals surface area contributed by atoms with Crippen molar-refractivity contribution in [2.45, 2.75) is 52.0 Å². The van der Waals surface area contributed by atoms with E-state index in [4.69, 9.17) is 10.5 Å². The molecule has 0 aliphatic carbocycles. The maximum absolute atomic E-state index is 6.01. The van der Waals surface area contributed by atoms with Crippen molar-refractivity contribution in [1.82, 2.24) is 9.97 Å². The van der Waals surface area contributed by atoms with Gasteiger partial charge >= 0.3 is 0 Å². The summed E-state index contributed by atoms with van der Waals surface area (Å²) in [4.78, 5) is 9.06. The quantitative estimate of drug-likeness (QED) is 0.857. The Kier molecular flexibility index (Phi) is 3.94. The first kappa shape index (κ1) is 14.1. The average Bonchev–Trinajstić information content (AvgIpc) is 2.34. The van der Waals surface area contributed by atoms with Gasteiger partial charge in [-0.1, -0.05) is 20.8 Å². The fourth-order valence-electron chi connectivity index (χ4n) is 2.05. The SMILES string of the molecule is Cc1c(N)nc(C(C)(C)C)nc1NC1CCOCC1. The summed E-state index contributed by atoms with van der Waals surface area (Å²) in [7, 11) is 0. The molecular weight excluding hydrogens is 240 g/mol. The van der Waals surface area contributed by atoms with Crippen LogP contribution in [0.5, 0.6) is 0 Å². The van der Waals surface area contributed by atoms with Gasteiger partial charge in [0.2, 0.25) is 0 Å². The fourth-order valence-corrected chi connectivity index (χ4v) is 2.05. The van der Waals surface area contributed by atoms with E-state index in [0.29, 0.717) is 11.9 Å². The van der Waals surface area contributed by atoms with E-state index in [-0.39, 0.29) is 5.41 Å². The summed E-state index contributed by atoms with van der Waals surface area (Å²) in [5, 5.41) is 3.49. The molecule has 106 valence electrons. The number of ether oxygens (including phenoxy) is 1. The van der Waals surface area contributed by atoms with Crippen LogP contribution in [0.2, 0.25) is 0 Å². The van der Waals surface area contributed by atoms with Crippen molar-refractivity contribution in [3.8, 4) is 0 Å². The normalized spacial score (nSPS) is 17.5. The van der Waals surface area contributed by atoms with Crippen LogP contribution in [0.3, 0.4) is 0 Å². The molecule has 0 radical (unpaired) electrons. The molecule has 0 amide bonds. The topological polar surface area (TPSA) is 73.1 Å². The van der Waals surface area contributed by atoms with Gasteiger partial charge in [-0.05, 0) is 19.8 Å². The lowest BCUT2D eigenvalue weighted by Gasteiger charge is -2.26. The molecule has 0 aromatic carbocycles. The van der Waals surface area contributed by atoms with Crippen LogP contribution in [-0.4, -0.2) is 29.2 Å². The largest absolute Gasteiger partial charge is 0.383 e. The first-order valence-electron chi connectivity index (χ1n) is 6.87. The molecule has 0 spiro atoms. The number of hydrogen-bond acceptors (Lipinski definition) is 5. The van der Waals surface area contributed by atoms with Gasteiger partial charge in [0, 0.05) is 30.2 Å². The van der Waals surface area contributed by atoms with Gasteiger partial charge in [-0.2, -0.15) is 0 Å². The molecule has 2 rings (SSSR count). The van der Waals surface area contributed by atoms with Gasteiger partial charge in [-0.15, -0.1) is 0 Å². The van der Waals surface area contributed by atoms with Crippen LogP contribution < -0.4 is 11.1 Å². The number of aromatic nitrogens is 2. The zero-order valence-electron chi connectivity index (χ0n) is 12.3. The number of rotatable bonds is 2. The van der Waals surface area contributed by atoms with E-state index in [2.05, 4.69) is 36.1 Å². The van der Waals surface area contributed by atoms with Gasteiger partial charge < -0.3 is 15.8 Å². The lowest BCUT2D eigenvalue weighted by molar-refractivity contribution is 0.0903. The summed E-state index contributed by atoms with van der Waals surface area (Å²) in [6, 6.07) is 0.412. The molecular formula is C14H24N4O. The van der Waals surface area contributed by atoms with Gasteiger partial charge in [0.15, 0.2) is 0 Å². The molecule has 1 aliphatic heterocycles. The Balaban J connectivity index is 2.25. The minimum absolute atomic E-state index is 0.103. The van der Waals surface area contributed by atoms with Crippen molar-refractivity contribution in [3.63, 3.8) is 0 Å². The Bertz CT molecular complexity index is 447. The summed E-state index contributed by atoms with van der Waals surface area (Å²) >= 11 is 0. The molecule has 19 heavy (non-hydrogen) atoms. The highest BCUT2D eigenvalue weighted by Crippen LogP contribution is 2.26. The Labute approximate surface area is 115 Å². The lowest BCUT2D eigenvalue weighted by atomic mass is 9.95. The minimum atomic E-state index is -0.103. The molecule has 2 heterocycles. The van der Waals surface area contributed by atoms with Crippen LogP contribution in [0.1, 0.15) is 45.0 Å². The van der Waals surface area contributed by atoms with Crippen LogP contribution in [0.15, 0.2) is 0 Å². The van der Waals surface area contributed by atoms with Crippen molar-refractivity contribution >= 4 is 11.6 Å². The minimum Gasteiger partial charge on any atom is -0.383 e. The average molecular weight is 264 g/mol. The second-order valence-electron chi connectivity index (χ2n) is 6.19. The molecule has 3 N–H and O–H groups in total.